The standard InChI is InChI=1S/C17H18N6O2S/c1-2-22(10-14-4-3-9-26-14)15(24)11-23-20-17(19-21-23)13-7-5-12(6-8-13)16(18)25/h3-9H,2,10-11H2,1H3,(H2,18,25). The number of nitrogens with zero attached hydrogens (tertiary/aromatic N) is 5. The maximum atomic E-state index is 12.5. The molecule has 8 nitrogen and oxygen atoms in total. The smallest absolute Gasteiger partial charge is 0.248 e. The van der Waals surface area contributed by atoms with Crippen LogP contribution in [0.3, 0.4) is 0 Å². The number of hydrogen-bond acceptors (Lipinski definition) is 6. The summed E-state index contributed by atoms with van der Waals surface area (Å²) in [5.41, 5.74) is 6.32. The maximum Gasteiger partial charge on any atom is 0.248 e. The number of nitrogens with two attached hydrogens (primary N) is 1. The Bertz CT molecular complexity index is 888. The van der Waals surface area contributed by atoms with Crippen molar-refractivity contribution < 1.29 is 9.59 Å². The van der Waals surface area contributed by atoms with Gasteiger partial charge in [-0.1, -0.05) is 18.2 Å². The highest BCUT2D eigenvalue weighted by molar-refractivity contribution is 7.09. The van der Waals surface area contributed by atoms with Gasteiger partial charge in [0.05, 0.1) is 6.54 Å². The number of amides is 2. The maximum absolute atomic E-state index is 12.5. The topological polar surface area (TPSA) is 107 Å². The molecule has 0 atom stereocenters. The van der Waals surface area contributed by atoms with Crippen molar-refractivity contribution in [3.8, 4) is 11.4 Å². The molecule has 0 saturated carbocycles. The van der Waals surface area contributed by atoms with Crippen molar-refractivity contribution in [2.45, 2.75) is 20.0 Å². The van der Waals surface area contributed by atoms with Crippen LogP contribution in [0.2, 0.25) is 0 Å². The Balaban J connectivity index is 1.67. The van der Waals surface area contributed by atoms with Crippen LogP contribution in [0, 0.1) is 0 Å². The van der Waals surface area contributed by atoms with Gasteiger partial charge in [-0.25, -0.2) is 0 Å². The monoisotopic (exact) mass is 370 g/mol. The third kappa shape index (κ3) is 4.12. The molecular weight excluding hydrogens is 352 g/mol. The van der Waals surface area contributed by atoms with Crippen molar-refractivity contribution in [1.29, 1.82) is 0 Å². The summed E-state index contributed by atoms with van der Waals surface area (Å²) in [6, 6.07) is 10.6. The Hall–Kier alpha value is -3.07. The summed E-state index contributed by atoms with van der Waals surface area (Å²) in [5.74, 6) is -0.187. The first-order valence-electron chi connectivity index (χ1n) is 8.05. The molecule has 0 bridgehead atoms. The molecule has 2 aromatic heterocycles. The molecule has 2 heterocycles. The molecule has 0 aliphatic heterocycles. The van der Waals surface area contributed by atoms with Gasteiger partial charge < -0.3 is 10.6 Å². The van der Waals surface area contributed by atoms with Crippen LogP contribution in [0.15, 0.2) is 41.8 Å². The van der Waals surface area contributed by atoms with E-state index < -0.39 is 5.91 Å². The molecule has 0 aliphatic rings. The van der Waals surface area contributed by atoms with Gasteiger partial charge in [0.15, 0.2) is 0 Å². The van der Waals surface area contributed by atoms with Crippen LogP contribution in [0.1, 0.15) is 22.2 Å². The number of carbonyl (C=O) groups is 2. The second kappa shape index (κ2) is 7.87. The zero-order chi connectivity index (χ0) is 18.5. The van der Waals surface area contributed by atoms with Gasteiger partial charge in [-0.3, -0.25) is 9.59 Å². The zero-order valence-corrected chi connectivity index (χ0v) is 15.0. The zero-order valence-electron chi connectivity index (χ0n) is 14.2. The fourth-order valence-electron chi connectivity index (χ4n) is 2.40. The molecule has 0 saturated heterocycles. The Morgan fingerprint density at radius 2 is 2.00 bits per heavy atom. The van der Waals surface area contributed by atoms with Gasteiger partial charge in [0.25, 0.3) is 0 Å². The van der Waals surface area contributed by atoms with Crippen molar-refractivity contribution in [2.75, 3.05) is 6.54 Å². The summed E-state index contributed by atoms with van der Waals surface area (Å²) in [6.07, 6.45) is 0. The van der Waals surface area contributed by atoms with Gasteiger partial charge in [0, 0.05) is 22.5 Å². The van der Waals surface area contributed by atoms with E-state index in [0.29, 0.717) is 30.0 Å². The molecule has 9 heteroatoms. The minimum Gasteiger partial charge on any atom is -0.366 e. The van der Waals surface area contributed by atoms with Gasteiger partial charge >= 0.3 is 0 Å². The molecule has 2 amide bonds. The van der Waals surface area contributed by atoms with Crippen LogP contribution in [-0.2, 0) is 17.9 Å². The molecule has 0 radical (unpaired) electrons. The molecule has 0 spiro atoms. The Morgan fingerprint density at radius 3 is 2.62 bits per heavy atom. The highest BCUT2D eigenvalue weighted by atomic mass is 32.1. The Morgan fingerprint density at radius 1 is 1.23 bits per heavy atom. The van der Waals surface area contributed by atoms with E-state index in [0.717, 1.165) is 4.88 Å². The highest BCUT2D eigenvalue weighted by Crippen LogP contribution is 2.15. The third-order valence-corrected chi connectivity index (χ3v) is 4.68. The first-order chi connectivity index (χ1) is 12.6. The van der Waals surface area contributed by atoms with E-state index in [-0.39, 0.29) is 12.5 Å². The van der Waals surface area contributed by atoms with Crippen molar-refractivity contribution in [3.63, 3.8) is 0 Å². The SMILES string of the molecule is CCN(Cc1cccs1)C(=O)Cn1nnc(-c2ccc(C(N)=O)cc2)n1. The number of aromatic nitrogens is 4. The molecule has 134 valence electrons. The van der Waals surface area contributed by atoms with Gasteiger partial charge in [-0.2, -0.15) is 4.80 Å². The number of hydrogen-bond donors (Lipinski definition) is 1. The summed E-state index contributed by atoms with van der Waals surface area (Å²) in [4.78, 5) is 27.7. The lowest BCUT2D eigenvalue weighted by molar-refractivity contribution is -0.132. The second-order valence-corrected chi connectivity index (χ2v) is 6.60. The van der Waals surface area contributed by atoms with Crippen LogP contribution in [-0.4, -0.2) is 43.5 Å². The third-order valence-electron chi connectivity index (χ3n) is 3.82. The van der Waals surface area contributed by atoms with E-state index in [1.807, 2.05) is 24.4 Å². The number of benzene rings is 1. The molecule has 0 aliphatic carbocycles. The van der Waals surface area contributed by atoms with Gasteiger partial charge in [-0.05, 0) is 35.7 Å². The van der Waals surface area contributed by atoms with Crippen LogP contribution >= 0.6 is 11.3 Å². The minimum atomic E-state index is -0.496. The summed E-state index contributed by atoms with van der Waals surface area (Å²) < 4.78 is 0. The summed E-state index contributed by atoms with van der Waals surface area (Å²) in [7, 11) is 0. The number of carbonyl (C=O) groups excluding carboxylic acids is 2. The fraction of sp³-hybridized carbons (Fsp3) is 0.235. The lowest BCUT2D eigenvalue weighted by atomic mass is 10.1. The molecule has 0 fully saturated rings. The lowest BCUT2D eigenvalue weighted by Crippen LogP contribution is -2.33. The average Bonchev–Trinajstić information content (AvgIpc) is 3.31. The van der Waals surface area contributed by atoms with E-state index in [2.05, 4.69) is 15.4 Å². The number of rotatable bonds is 7. The molecular formula is C17H18N6O2S. The van der Waals surface area contributed by atoms with Gasteiger partial charge in [-0.15, -0.1) is 21.5 Å². The predicted molar refractivity (Wildman–Crippen MR) is 97.2 cm³/mol. The van der Waals surface area contributed by atoms with E-state index in [1.165, 1.54) is 4.80 Å². The van der Waals surface area contributed by atoms with Crippen molar-refractivity contribution in [1.82, 2.24) is 25.1 Å². The average molecular weight is 370 g/mol. The summed E-state index contributed by atoms with van der Waals surface area (Å²) >= 11 is 1.62. The van der Waals surface area contributed by atoms with Gasteiger partial charge in [0.2, 0.25) is 17.6 Å². The summed E-state index contributed by atoms with van der Waals surface area (Å²) in [6.45, 7) is 3.13. The number of likely N-dealkylation sites (N-methyl/N-ethyl adjacent to an activating group) is 1. The Labute approximate surface area is 154 Å². The van der Waals surface area contributed by atoms with E-state index in [4.69, 9.17) is 5.73 Å². The first kappa shape index (κ1) is 17.7. The van der Waals surface area contributed by atoms with E-state index >= 15 is 0 Å². The molecule has 1 aromatic carbocycles. The largest absolute Gasteiger partial charge is 0.366 e. The molecule has 0 unspecified atom stereocenters. The van der Waals surface area contributed by atoms with E-state index in [1.54, 1.807) is 40.5 Å². The number of primary amides is 1. The van der Waals surface area contributed by atoms with Gasteiger partial charge in [0.1, 0.15) is 6.54 Å². The van der Waals surface area contributed by atoms with E-state index in [9.17, 15) is 9.59 Å². The second-order valence-electron chi connectivity index (χ2n) is 5.57. The van der Waals surface area contributed by atoms with Crippen molar-refractivity contribution in [3.05, 3.63) is 52.2 Å². The van der Waals surface area contributed by atoms with Crippen molar-refractivity contribution >= 4 is 23.2 Å². The van der Waals surface area contributed by atoms with Crippen molar-refractivity contribution in [2.24, 2.45) is 5.73 Å². The van der Waals surface area contributed by atoms with Crippen LogP contribution in [0.5, 0.6) is 0 Å². The first-order valence-corrected chi connectivity index (χ1v) is 8.93. The molecule has 3 rings (SSSR count). The lowest BCUT2D eigenvalue weighted by Gasteiger charge is -2.19. The van der Waals surface area contributed by atoms with Crippen LogP contribution < -0.4 is 5.73 Å². The number of thiophene rings is 1. The normalized spacial score (nSPS) is 10.7. The van der Waals surface area contributed by atoms with Crippen LogP contribution in [0.25, 0.3) is 11.4 Å². The molecule has 26 heavy (non-hydrogen) atoms. The predicted octanol–water partition coefficient (Wildman–Crippen LogP) is 1.55. The number of tetrazole rings is 1. The summed E-state index contributed by atoms with van der Waals surface area (Å²) in [5, 5.41) is 14.1. The minimum absolute atomic E-state index is 0.0194. The molecule has 3 aromatic rings. The van der Waals surface area contributed by atoms with Crippen LogP contribution in [0.4, 0.5) is 0 Å². The quantitative estimate of drug-likeness (QED) is 0.679. The highest BCUT2D eigenvalue weighted by Gasteiger charge is 2.16. The Kier molecular flexibility index (Phi) is 5.37. The fourth-order valence-corrected chi connectivity index (χ4v) is 3.12. The molecule has 2 N–H and O–H groups in total.